The van der Waals surface area contributed by atoms with E-state index in [-0.39, 0.29) is 0 Å². The quantitative estimate of drug-likeness (QED) is 0.588. The summed E-state index contributed by atoms with van der Waals surface area (Å²) in [7, 11) is 0. The van der Waals surface area contributed by atoms with Crippen molar-refractivity contribution in [3.63, 3.8) is 0 Å². The molecule has 1 aromatic rings. The van der Waals surface area contributed by atoms with E-state index in [1.54, 1.807) is 0 Å². The van der Waals surface area contributed by atoms with Gasteiger partial charge in [-0.25, -0.2) is 0 Å². The molecule has 0 N–H and O–H groups in total. The molecule has 0 radical (unpaired) electrons. The molecule has 23 heavy (non-hydrogen) atoms. The molecule has 130 valence electrons. The second kappa shape index (κ2) is 9.97. The van der Waals surface area contributed by atoms with Crippen LogP contribution < -0.4 is 4.74 Å². The molecule has 1 aliphatic rings. The highest BCUT2D eigenvalue weighted by Gasteiger charge is 2.16. The standard InChI is InChI=1S/C21H35NO/c1-4-6-14-22-15-12-19-10-7-11-21(20(19)13-16-22)23-17-8-9-18(3)5-2/h7,10-11,18H,4-6,8-9,12-17H2,1-3H3/t18-/m0/s1. The van der Waals surface area contributed by atoms with Gasteiger partial charge in [0.2, 0.25) is 0 Å². The lowest BCUT2D eigenvalue weighted by Crippen LogP contribution is -2.27. The number of nitrogens with zero attached hydrogens (tertiary/aromatic N) is 1. The van der Waals surface area contributed by atoms with Crippen LogP contribution in [0.25, 0.3) is 0 Å². The Morgan fingerprint density at radius 3 is 2.74 bits per heavy atom. The zero-order chi connectivity index (χ0) is 16.5. The van der Waals surface area contributed by atoms with Crippen LogP contribution in [0.15, 0.2) is 18.2 Å². The molecule has 2 heteroatoms. The fourth-order valence-corrected chi connectivity index (χ4v) is 3.35. The molecule has 0 saturated carbocycles. The monoisotopic (exact) mass is 317 g/mol. The smallest absolute Gasteiger partial charge is 0.122 e. The van der Waals surface area contributed by atoms with Crippen LogP contribution >= 0.6 is 0 Å². The van der Waals surface area contributed by atoms with Crippen molar-refractivity contribution in [2.75, 3.05) is 26.2 Å². The van der Waals surface area contributed by atoms with Crippen molar-refractivity contribution in [1.82, 2.24) is 4.90 Å². The molecule has 1 heterocycles. The van der Waals surface area contributed by atoms with Gasteiger partial charge >= 0.3 is 0 Å². The van der Waals surface area contributed by atoms with Crippen LogP contribution in [0.5, 0.6) is 5.75 Å². The Hall–Kier alpha value is -1.02. The average Bonchev–Trinajstić information content (AvgIpc) is 2.79. The molecule has 1 aliphatic heterocycles. The second-order valence-electron chi connectivity index (χ2n) is 7.09. The van der Waals surface area contributed by atoms with E-state index in [9.17, 15) is 0 Å². The van der Waals surface area contributed by atoms with Crippen LogP contribution in [0.3, 0.4) is 0 Å². The van der Waals surface area contributed by atoms with Crippen LogP contribution in [0.2, 0.25) is 0 Å². The lowest BCUT2D eigenvalue weighted by atomic mass is 10.0. The van der Waals surface area contributed by atoms with Crippen LogP contribution in [0.1, 0.15) is 64.0 Å². The van der Waals surface area contributed by atoms with E-state index in [2.05, 4.69) is 43.9 Å². The number of ether oxygens (including phenoxy) is 1. The van der Waals surface area contributed by atoms with Gasteiger partial charge in [0, 0.05) is 13.1 Å². The highest BCUT2D eigenvalue weighted by molar-refractivity contribution is 5.41. The maximum absolute atomic E-state index is 6.15. The summed E-state index contributed by atoms with van der Waals surface area (Å²) in [5.41, 5.74) is 2.97. The van der Waals surface area contributed by atoms with E-state index in [1.165, 1.54) is 69.3 Å². The van der Waals surface area contributed by atoms with Crippen LogP contribution in [-0.2, 0) is 12.8 Å². The third-order valence-corrected chi connectivity index (χ3v) is 5.23. The van der Waals surface area contributed by atoms with E-state index >= 15 is 0 Å². The number of unbranched alkanes of at least 4 members (excludes halogenated alkanes) is 1. The summed E-state index contributed by atoms with van der Waals surface area (Å²) in [4.78, 5) is 2.62. The van der Waals surface area contributed by atoms with Crippen molar-refractivity contribution >= 4 is 0 Å². The zero-order valence-corrected chi connectivity index (χ0v) is 15.4. The third-order valence-electron chi connectivity index (χ3n) is 5.23. The van der Waals surface area contributed by atoms with Gasteiger partial charge in [0.05, 0.1) is 6.61 Å². The Kier molecular flexibility index (Phi) is 7.94. The number of hydrogen-bond acceptors (Lipinski definition) is 2. The Balaban J connectivity index is 1.89. The molecule has 0 amide bonds. The first-order valence-electron chi connectivity index (χ1n) is 9.70. The first-order chi connectivity index (χ1) is 11.2. The first-order valence-corrected chi connectivity index (χ1v) is 9.70. The molecule has 2 rings (SSSR count). The molecule has 1 atom stereocenters. The molecule has 1 aromatic carbocycles. The topological polar surface area (TPSA) is 12.5 Å². The van der Waals surface area contributed by atoms with Gasteiger partial charge in [-0.15, -0.1) is 0 Å². The molecule has 0 unspecified atom stereocenters. The maximum atomic E-state index is 6.15. The molecular weight excluding hydrogens is 282 g/mol. The summed E-state index contributed by atoms with van der Waals surface area (Å²) in [5.74, 6) is 1.96. The van der Waals surface area contributed by atoms with Crippen molar-refractivity contribution in [2.24, 2.45) is 5.92 Å². The van der Waals surface area contributed by atoms with Gasteiger partial charge in [-0.1, -0.05) is 45.7 Å². The van der Waals surface area contributed by atoms with Gasteiger partial charge in [-0.3, -0.25) is 0 Å². The van der Waals surface area contributed by atoms with Crippen LogP contribution in [-0.4, -0.2) is 31.1 Å². The Morgan fingerprint density at radius 2 is 1.96 bits per heavy atom. The molecular formula is C21H35NO. The van der Waals surface area contributed by atoms with Gasteiger partial charge in [0.15, 0.2) is 0 Å². The first kappa shape index (κ1) is 18.3. The summed E-state index contributed by atoms with van der Waals surface area (Å²) < 4.78 is 6.15. The van der Waals surface area contributed by atoms with Gasteiger partial charge < -0.3 is 9.64 Å². The zero-order valence-electron chi connectivity index (χ0n) is 15.4. The minimum atomic E-state index is 0.818. The van der Waals surface area contributed by atoms with Gasteiger partial charge in [0.1, 0.15) is 5.75 Å². The van der Waals surface area contributed by atoms with Gasteiger partial charge in [0.25, 0.3) is 0 Å². The van der Waals surface area contributed by atoms with E-state index in [0.29, 0.717) is 0 Å². The minimum absolute atomic E-state index is 0.818. The van der Waals surface area contributed by atoms with E-state index in [4.69, 9.17) is 4.74 Å². The number of rotatable bonds is 9. The van der Waals surface area contributed by atoms with Crippen molar-refractivity contribution in [1.29, 1.82) is 0 Å². The van der Waals surface area contributed by atoms with Crippen molar-refractivity contribution in [3.8, 4) is 5.75 Å². The highest BCUT2D eigenvalue weighted by atomic mass is 16.5. The van der Waals surface area contributed by atoms with E-state index < -0.39 is 0 Å². The molecule has 2 nitrogen and oxygen atoms in total. The fraction of sp³-hybridized carbons (Fsp3) is 0.714. The van der Waals surface area contributed by atoms with Gasteiger partial charge in [-0.2, -0.15) is 0 Å². The summed E-state index contributed by atoms with van der Waals surface area (Å²) in [5, 5.41) is 0. The number of fused-ring (bicyclic) bond motifs is 1. The lowest BCUT2D eigenvalue weighted by Gasteiger charge is -2.19. The highest BCUT2D eigenvalue weighted by Crippen LogP contribution is 2.26. The summed E-state index contributed by atoms with van der Waals surface area (Å²) in [6, 6.07) is 6.64. The molecule has 0 saturated heterocycles. The average molecular weight is 318 g/mol. The van der Waals surface area contributed by atoms with Crippen molar-refractivity contribution in [2.45, 2.75) is 65.7 Å². The predicted molar refractivity (Wildman–Crippen MR) is 99.4 cm³/mol. The Labute approximate surface area is 143 Å². The Morgan fingerprint density at radius 1 is 1.13 bits per heavy atom. The minimum Gasteiger partial charge on any atom is -0.493 e. The molecule has 0 fully saturated rings. The number of benzene rings is 1. The SMILES string of the molecule is CCCCN1CCc2cccc(OCCC[C@@H](C)CC)c2CC1. The van der Waals surface area contributed by atoms with Crippen molar-refractivity contribution in [3.05, 3.63) is 29.3 Å². The fourth-order valence-electron chi connectivity index (χ4n) is 3.35. The second-order valence-corrected chi connectivity index (χ2v) is 7.09. The molecule has 0 aromatic heterocycles. The molecule has 0 spiro atoms. The normalized spacial score (nSPS) is 16.7. The third kappa shape index (κ3) is 5.84. The molecule has 0 aliphatic carbocycles. The van der Waals surface area contributed by atoms with Crippen LogP contribution in [0, 0.1) is 5.92 Å². The predicted octanol–water partition coefficient (Wildman–Crippen LogP) is 5.09. The largest absolute Gasteiger partial charge is 0.493 e. The van der Waals surface area contributed by atoms with E-state index in [0.717, 1.165) is 24.7 Å². The van der Waals surface area contributed by atoms with E-state index in [1.807, 2.05) is 0 Å². The summed E-state index contributed by atoms with van der Waals surface area (Å²) in [6.07, 6.45) is 8.62. The number of hydrogen-bond donors (Lipinski definition) is 0. The maximum Gasteiger partial charge on any atom is 0.122 e. The van der Waals surface area contributed by atoms with Gasteiger partial charge in [-0.05, 0) is 61.8 Å². The summed E-state index contributed by atoms with van der Waals surface area (Å²) >= 11 is 0. The van der Waals surface area contributed by atoms with Crippen molar-refractivity contribution < 1.29 is 4.74 Å². The summed E-state index contributed by atoms with van der Waals surface area (Å²) in [6.45, 7) is 11.4. The Bertz CT molecular complexity index is 457. The lowest BCUT2D eigenvalue weighted by molar-refractivity contribution is 0.278. The molecule has 0 bridgehead atoms. The van der Waals surface area contributed by atoms with Crippen LogP contribution in [0.4, 0.5) is 0 Å².